The molecule has 0 aromatic carbocycles. The fourth-order valence-electron chi connectivity index (χ4n) is 1.02. The van der Waals surface area contributed by atoms with Crippen molar-refractivity contribution in [3.05, 3.63) is 34.1 Å². The molecule has 1 amide bonds. The zero-order valence-electron chi connectivity index (χ0n) is 8.60. The van der Waals surface area contributed by atoms with E-state index in [0.29, 0.717) is 5.76 Å². The molecule has 0 atom stereocenters. The smallest absolute Gasteiger partial charge is 0.287 e. The maximum Gasteiger partial charge on any atom is 0.287 e. The molecule has 6 heteroatoms. The predicted octanol–water partition coefficient (Wildman–Crippen LogP) is 2.23. The molecule has 0 unspecified atom stereocenters. The number of azide groups is 1. The molecule has 1 aromatic rings. The molecular formula is C9H12N4O2. The van der Waals surface area contributed by atoms with Crippen LogP contribution in [0.2, 0.25) is 0 Å². The van der Waals surface area contributed by atoms with Crippen molar-refractivity contribution in [1.82, 2.24) is 5.32 Å². The maximum absolute atomic E-state index is 11.4. The summed E-state index contributed by atoms with van der Waals surface area (Å²) in [5.74, 6) is 0.436. The summed E-state index contributed by atoms with van der Waals surface area (Å²) in [4.78, 5) is 14.0. The first kappa shape index (κ1) is 11.1. The highest BCUT2D eigenvalue weighted by molar-refractivity contribution is 5.91. The fourth-order valence-corrected chi connectivity index (χ4v) is 1.02. The van der Waals surface area contributed by atoms with Crippen molar-refractivity contribution in [2.75, 3.05) is 0 Å². The molecule has 1 heterocycles. The van der Waals surface area contributed by atoms with Gasteiger partial charge in [0.15, 0.2) is 5.76 Å². The summed E-state index contributed by atoms with van der Waals surface area (Å²) < 4.78 is 5.17. The van der Waals surface area contributed by atoms with Gasteiger partial charge in [0.05, 0.1) is 6.54 Å². The highest BCUT2D eigenvalue weighted by Gasteiger charge is 2.11. The summed E-state index contributed by atoms with van der Waals surface area (Å²) in [6, 6.07) is 3.23. The Morgan fingerprint density at radius 1 is 1.67 bits per heavy atom. The third-order valence-electron chi connectivity index (χ3n) is 1.60. The van der Waals surface area contributed by atoms with Crippen LogP contribution in [0, 0.1) is 0 Å². The van der Waals surface area contributed by atoms with Crippen molar-refractivity contribution in [3.63, 3.8) is 0 Å². The van der Waals surface area contributed by atoms with Gasteiger partial charge in [-0.25, -0.2) is 0 Å². The minimum absolute atomic E-state index is 0.0585. The second kappa shape index (κ2) is 5.07. The van der Waals surface area contributed by atoms with Crippen LogP contribution in [-0.2, 0) is 6.54 Å². The van der Waals surface area contributed by atoms with E-state index in [4.69, 9.17) is 9.95 Å². The molecule has 0 fully saturated rings. The van der Waals surface area contributed by atoms with Crippen LogP contribution in [0.1, 0.15) is 30.2 Å². The standard InChI is InChI=1S/C9H12N4O2/c1-6(2)12-9(14)8-4-3-7(15-8)5-11-13-10/h3-4,6H,5H2,1-2H3,(H,12,14). The largest absolute Gasteiger partial charge is 0.456 e. The molecule has 0 aliphatic rings. The molecule has 0 aliphatic carbocycles. The van der Waals surface area contributed by atoms with E-state index in [2.05, 4.69) is 15.3 Å². The minimum Gasteiger partial charge on any atom is -0.456 e. The van der Waals surface area contributed by atoms with Crippen molar-refractivity contribution in [2.45, 2.75) is 26.4 Å². The average Bonchev–Trinajstić information content (AvgIpc) is 2.62. The van der Waals surface area contributed by atoms with E-state index < -0.39 is 0 Å². The highest BCUT2D eigenvalue weighted by atomic mass is 16.4. The van der Waals surface area contributed by atoms with Crippen LogP contribution in [0.4, 0.5) is 0 Å². The number of hydrogen-bond donors (Lipinski definition) is 1. The molecule has 80 valence electrons. The normalized spacial score (nSPS) is 9.80. The quantitative estimate of drug-likeness (QED) is 0.467. The van der Waals surface area contributed by atoms with Crippen molar-refractivity contribution < 1.29 is 9.21 Å². The molecule has 0 saturated carbocycles. The van der Waals surface area contributed by atoms with Gasteiger partial charge < -0.3 is 9.73 Å². The van der Waals surface area contributed by atoms with Crippen LogP contribution in [0.25, 0.3) is 10.4 Å². The second-order valence-electron chi connectivity index (χ2n) is 3.28. The molecule has 0 saturated heterocycles. The predicted molar refractivity (Wildman–Crippen MR) is 54.2 cm³/mol. The van der Waals surface area contributed by atoms with Crippen molar-refractivity contribution in [2.24, 2.45) is 5.11 Å². The van der Waals surface area contributed by atoms with E-state index in [-0.39, 0.29) is 24.3 Å². The number of nitrogens with one attached hydrogen (secondary N) is 1. The molecule has 6 nitrogen and oxygen atoms in total. The second-order valence-corrected chi connectivity index (χ2v) is 3.28. The fraction of sp³-hybridized carbons (Fsp3) is 0.444. The number of hydrogen-bond acceptors (Lipinski definition) is 3. The van der Waals surface area contributed by atoms with Crippen molar-refractivity contribution in [1.29, 1.82) is 0 Å². The average molecular weight is 208 g/mol. The summed E-state index contributed by atoms with van der Waals surface area (Å²) in [6.07, 6.45) is 0. The minimum atomic E-state index is -0.266. The first-order chi connectivity index (χ1) is 7.13. The van der Waals surface area contributed by atoms with E-state index in [9.17, 15) is 4.79 Å². The van der Waals surface area contributed by atoms with E-state index in [1.54, 1.807) is 12.1 Å². The highest BCUT2D eigenvalue weighted by Crippen LogP contribution is 2.09. The van der Waals surface area contributed by atoms with E-state index in [1.165, 1.54) is 0 Å². The van der Waals surface area contributed by atoms with Gasteiger partial charge in [0.2, 0.25) is 0 Å². The van der Waals surface area contributed by atoms with Gasteiger partial charge in [-0.05, 0) is 31.5 Å². The van der Waals surface area contributed by atoms with Crippen LogP contribution in [-0.4, -0.2) is 11.9 Å². The molecule has 0 bridgehead atoms. The van der Waals surface area contributed by atoms with Gasteiger partial charge >= 0.3 is 0 Å². The summed E-state index contributed by atoms with van der Waals surface area (Å²) in [6.45, 7) is 3.84. The number of nitrogens with zero attached hydrogens (tertiary/aromatic N) is 3. The number of rotatable bonds is 4. The zero-order valence-corrected chi connectivity index (χ0v) is 8.60. The zero-order chi connectivity index (χ0) is 11.3. The Hall–Kier alpha value is -1.94. The van der Waals surface area contributed by atoms with Crippen LogP contribution in [0.3, 0.4) is 0 Å². The van der Waals surface area contributed by atoms with E-state index >= 15 is 0 Å². The Kier molecular flexibility index (Phi) is 3.76. The van der Waals surface area contributed by atoms with Crippen LogP contribution >= 0.6 is 0 Å². The Morgan fingerprint density at radius 3 is 3.00 bits per heavy atom. The maximum atomic E-state index is 11.4. The lowest BCUT2D eigenvalue weighted by Crippen LogP contribution is -2.29. The number of carbonyl (C=O) groups excluding carboxylic acids is 1. The third-order valence-corrected chi connectivity index (χ3v) is 1.60. The van der Waals surface area contributed by atoms with Gasteiger partial charge in [0.25, 0.3) is 5.91 Å². The Morgan fingerprint density at radius 2 is 2.40 bits per heavy atom. The van der Waals surface area contributed by atoms with Gasteiger partial charge in [-0.15, -0.1) is 0 Å². The van der Waals surface area contributed by atoms with E-state index in [1.807, 2.05) is 13.8 Å². The lowest BCUT2D eigenvalue weighted by molar-refractivity contribution is 0.0913. The van der Waals surface area contributed by atoms with Gasteiger partial charge in [0, 0.05) is 11.0 Å². The SMILES string of the molecule is CC(C)NC(=O)c1ccc(CN=[N+]=[N-])o1. The number of furan rings is 1. The van der Waals surface area contributed by atoms with Gasteiger partial charge in [-0.3, -0.25) is 4.79 Å². The lowest BCUT2D eigenvalue weighted by Gasteiger charge is -2.05. The summed E-state index contributed by atoms with van der Waals surface area (Å²) in [5.41, 5.74) is 8.10. The molecule has 0 radical (unpaired) electrons. The number of amides is 1. The van der Waals surface area contributed by atoms with Crippen LogP contribution < -0.4 is 5.32 Å². The first-order valence-electron chi connectivity index (χ1n) is 4.54. The van der Waals surface area contributed by atoms with Gasteiger partial charge in [0.1, 0.15) is 5.76 Å². The van der Waals surface area contributed by atoms with Crippen LogP contribution in [0.5, 0.6) is 0 Å². The Bertz CT molecular complexity index is 391. The topological polar surface area (TPSA) is 91.0 Å². The molecule has 0 aliphatic heterocycles. The van der Waals surface area contributed by atoms with Gasteiger partial charge in [-0.1, -0.05) is 5.11 Å². The monoisotopic (exact) mass is 208 g/mol. The first-order valence-corrected chi connectivity index (χ1v) is 4.54. The summed E-state index contributed by atoms with van der Waals surface area (Å²) >= 11 is 0. The van der Waals surface area contributed by atoms with Crippen molar-refractivity contribution in [3.8, 4) is 0 Å². The van der Waals surface area contributed by atoms with Gasteiger partial charge in [-0.2, -0.15) is 0 Å². The number of carbonyl (C=O) groups is 1. The lowest BCUT2D eigenvalue weighted by atomic mass is 10.3. The Labute approximate surface area is 86.9 Å². The van der Waals surface area contributed by atoms with E-state index in [0.717, 1.165) is 0 Å². The molecular weight excluding hydrogens is 196 g/mol. The molecule has 15 heavy (non-hydrogen) atoms. The Balaban J connectivity index is 2.66. The van der Waals surface area contributed by atoms with Crippen molar-refractivity contribution >= 4 is 5.91 Å². The molecule has 0 spiro atoms. The summed E-state index contributed by atoms with van der Waals surface area (Å²) in [5, 5.41) is 6.02. The molecule has 1 rings (SSSR count). The molecule has 1 N–H and O–H groups in total. The van der Waals surface area contributed by atoms with Crippen LogP contribution in [0.15, 0.2) is 21.7 Å². The summed E-state index contributed by atoms with van der Waals surface area (Å²) in [7, 11) is 0. The third kappa shape index (κ3) is 3.36. The molecule has 1 aromatic heterocycles.